The van der Waals surface area contributed by atoms with E-state index in [1.54, 1.807) is 42.5 Å². The summed E-state index contributed by atoms with van der Waals surface area (Å²) in [6.07, 6.45) is 1.75. The van der Waals surface area contributed by atoms with E-state index < -0.39 is 139 Å². The quantitative estimate of drug-likeness (QED) is 0.0270. The molecule has 3 heterocycles. The molecule has 2 saturated heterocycles. The maximum absolute atomic E-state index is 14.6. The Balaban J connectivity index is 1.70. The summed E-state index contributed by atoms with van der Waals surface area (Å²) in [7, 11) is 2.02. The third-order valence-corrected chi connectivity index (χ3v) is 13.9. The Kier molecular flexibility index (Phi) is 23.8. The number of pyridine rings is 1. The van der Waals surface area contributed by atoms with E-state index in [-0.39, 0.29) is 62.7 Å². The summed E-state index contributed by atoms with van der Waals surface area (Å²) in [5.41, 5.74) is 34.5. The van der Waals surface area contributed by atoms with Gasteiger partial charge in [0.25, 0.3) is 0 Å². The van der Waals surface area contributed by atoms with Crippen molar-refractivity contribution in [1.82, 2.24) is 47.1 Å². The minimum absolute atomic E-state index is 0.00710. The van der Waals surface area contributed by atoms with Crippen LogP contribution in [0.15, 0.2) is 59.9 Å². The Morgan fingerprint density at radius 2 is 1.34 bits per heavy atom. The minimum Gasteiger partial charge on any atom is -0.370 e. The lowest BCUT2D eigenvalue weighted by atomic mass is 10.0. The summed E-state index contributed by atoms with van der Waals surface area (Å²) >= 11 is 0. The molecule has 74 heavy (non-hydrogen) atoms. The fourth-order valence-electron chi connectivity index (χ4n) is 7.69. The molecule has 2 aliphatic heterocycles. The van der Waals surface area contributed by atoms with Crippen molar-refractivity contribution in [2.75, 3.05) is 31.1 Å². The number of hydrogen-bond donors (Lipinski definition) is 13. The van der Waals surface area contributed by atoms with E-state index >= 15 is 0 Å². The van der Waals surface area contributed by atoms with E-state index in [1.165, 1.54) is 17.3 Å². The molecule has 19 N–H and O–H groups in total. The van der Waals surface area contributed by atoms with Gasteiger partial charge < -0.3 is 76.5 Å². The maximum Gasteiger partial charge on any atom is 0.246 e. The predicted molar refractivity (Wildman–Crippen MR) is 272 cm³/mol. The van der Waals surface area contributed by atoms with E-state index in [1.807, 2.05) is 0 Å². The monoisotopic (exact) mass is 1070 g/mol. The van der Waals surface area contributed by atoms with Crippen molar-refractivity contribution >= 4 is 92.5 Å². The molecule has 0 spiro atoms. The summed E-state index contributed by atoms with van der Waals surface area (Å²) in [4.78, 5) is 157. The highest BCUT2D eigenvalue weighted by Crippen LogP contribution is 2.26. The highest BCUT2D eigenvalue weighted by Gasteiger charge is 2.40. The summed E-state index contributed by atoms with van der Waals surface area (Å²) in [6.45, 7) is -0.424. The number of aliphatic imine (C=N–C) groups is 1. The SMILES string of the molecule is NC(=O)CC[C@@H]1NC(=O)[C@H](Cc2ccccc2)NC(=O)C(Cc2cccnc2)NC(=O)[C@@H](N)CSSC[C@@H](C(=O)N2CCC[C@H]2C(=O)N[C@@H](CCCN=C(N)N)C(=O)NCC(N)=O)NC(=O)C(CC(N)=O)NC1=O. The molecule has 2 aliphatic rings. The van der Waals surface area contributed by atoms with Crippen LogP contribution < -0.4 is 71.6 Å². The van der Waals surface area contributed by atoms with Crippen LogP contribution in [0.5, 0.6) is 0 Å². The molecule has 27 nitrogen and oxygen atoms in total. The van der Waals surface area contributed by atoms with Crippen LogP contribution in [0.4, 0.5) is 0 Å². The zero-order valence-electron chi connectivity index (χ0n) is 40.3. The summed E-state index contributed by atoms with van der Waals surface area (Å²) in [5.74, 6) is -10.3. The predicted octanol–water partition coefficient (Wildman–Crippen LogP) is -5.72. The summed E-state index contributed by atoms with van der Waals surface area (Å²) < 4.78 is 0. The molecule has 11 amide bonds. The second kappa shape index (κ2) is 29.9. The van der Waals surface area contributed by atoms with E-state index in [9.17, 15) is 52.7 Å². The molecule has 8 atom stereocenters. The number of rotatable bonds is 19. The van der Waals surface area contributed by atoms with E-state index in [0.29, 0.717) is 17.5 Å². The van der Waals surface area contributed by atoms with Gasteiger partial charge in [-0.25, -0.2) is 0 Å². The number of carbonyl (C=O) groups excluding carboxylic acids is 11. The number of nitrogens with one attached hydrogen (secondary N) is 7. The number of benzene rings is 1. The minimum atomic E-state index is -1.78. The number of amides is 11. The number of likely N-dealkylation sites (tertiary alicyclic amines) is 1. The molecule has 402 valence electrons. The standard InChI is InChI=1S/C45H64N16O11S2/c46-26-22-73-74-23-32(44(72)61-16-6-11-33(61)43(71)56-27(10-5-15-53-45(50)51)38(66)54-21-36(49)64)60-42(70)31(19-35(48)63)59-39(67)28(12-13-34(47)62)55-40(68)29(17-24-7-2-1-3-8-24)58-41(69)30(57-37(26)65)18-25-9-4-14-52-20-25/h1-4,7-9,14,20,26-33H,5-6,10-13,15-19,21-23,46H2,(H2,47,62)(H2,48,63)(H2,49,64)(H,54,66)(H,55,68)(H,56,71)(H,57,65)(H,58,69)(H,59,67)(H,60,70)(H4,50,51,53)/t26-,27-,28-,29-,30?,31?,32-,33-/m0/s1. The van der Waals surface area contributed by atoms with Crippen molar-refractivity contribution in [3.8, 4) is 0 Å². The zero-order valence-corrected chi connectivity index (χ0v) is 42.0. The second-order valence-electron chi connectivity index (χ2n) is 17.3. The van der Waals surface area contributed by atoms with Gasteiger partial charge in [0.15, 0.2) is 5.96 Å². The van der Waals surface area contributed by atoms with Crippen molar-refractivity contribution < 1.29 is 52.7 Å². The first-order valence-electron chi connectivity index (χ1n) is 23.5. The molecule has 0 bridgehead atoms. The Hall–Kier alpha value is -7.53. The number of guanidine groups is 1. The normalized spacial score (nSPS) is 22.7. The van der Waals surface area contributed by atoms with Gasteiger partial charge in [0.1, 0.15) is 42.3 Å². The van der Waals surface area contributed by atoms with Gasteiger partial charge in [-0.2, -0.15) is 0 Å². The average molecular weight is 1070 g/mol. The highest BCUT2D eigenvalue weighted by molar-refractivity contribution is 8.76. The Bertz CT molecular complexity index is 2370. The van der Waals surface area contributed by atoms with Crippen molar-refractivity contribution in [2.24, 2.45) is 39.4 Å². The molecular weight excluding hydrogens is 1000 g/mol. The first-order chi connectivity index (χ1) is 35.2. The molecule has 1 aromatic heterocycles. The Morgan fingerprint density at radius 3 is 1.97 bits per heavy atom. The molecule has 0 aliphatic carbocycles. The number of nitrogens with two attached hydrogens (primary N) is 6. The van der Waals surface area contributed by atoms with Gasteiger partial charge in [0.05, 0.1) is 19.0 Å². The third kappa shape index (κ3) is 19.8. The van der Waals surface area contributed by atoms with Crippen LogP contribution >= 0.6 is 21.6 Å². The van der Waals surface area contributed by atoms with Crippen molar-refractivity contribution in [3.63, 3.8) is 0 Å². The summed E-state index contributed by atoms with van der Waals surface area (Å²) in [6, 6.07) is 0.516. The Morgan fingerprint density at radius 1 is 0.730 bits per heavy atom. The fraction of sp³-hybridized carbons (Fsp3) is 0.489. The number of carbonyl (C=O) groups is 11. The average Bonchev–Trinajstić information content (AvgIpc) is 3.86. The van der Waals surface area contributed by atoms with Gasteiger partial charge in [-0.05, 0) is 49.3 Å². The molecule has 0 radical (unpaired) electrons. The van der Waals surface area contributed by atoms with Gasteiger partial charge >= 0.3 is 0 Å². The second-order valence-corrected chi connectivity index (χ2v) is 19.8. The van der Waals surface area contributed by atoms with Gasteiger partial charge in [-0.1, -0.05) is 58.0 Å². The lowest BCUT2D eigenvalue weighted by Gasteiger charge is -2.31. The fourth-order valence-corrected chi connectivity index (χ4v) is 9.96. The lowest BCUT2D eigenvalue weighted by Crippen LogP contribution is -2.61. The number of nitrogens with zero attached hydrogens (tertiary/aromatic N) is 3. The van der Waals surface area contributed by atoms with Gasteiger partial charge in [-0.15, -0.1) is 0 Å². The molecule has 0 saturated carbocycles. The molecule has 1 aromatic carbocycles. The van der Waals surface area contributed by atoms with E-state index in [0.717, 1.165) is 21.6 Å². The van der Waals surface area contributed by atoms with Crippen LogP contribution in [0.2, 0.25) is 0 Å². The highest BCUT2D eigenvalue weighted by atomic mass is 33.1. The van der Waals surface area contributed by atoms with Crippen LogP contribution in [0, 0.1) is 0 Å². The number of hydrogen-bond acceptors (Lipinski definition) is 16. The molecule has 29 heteroatoms. The van der Waals surface area contributed by atoms with E-state index in [4.69, 9.17) is 34.4 Å². The first kappa shape index (κ1) is 59.0. The van der Waals surface area contributed by atoms with Crippen molar-refractivity contribution in [3.05, 3.63) is 66.0 Å². The number of primary amides is 3. The van der Waals surface area contributed by atoms with Crippen LogP contribution in [0.3, 0.4) is 0 Å². The lowest BCUT2D eigenvalue weighted by molar-refractivity contribution is -0.142. The van der Waals surface area contributed by atoms with Crippen LogP contribution in [-0.4, -0.2) is 160 Å². The van der Waals surface area contributed by atoms with Gasteiger partial charge in [-0.3, -0.25) is 62.7 Å². The topological polar surface area (TPSA) is 457 Å². The van der Waals surface area contributed by atoms with E-state index in [2.05, 4.69) is 47.2 Å². The largest absolute Gasteiger partial charge is 0.370 e. The smallest absolute Gasteiger partial charge is 0.246 e. The molecule has 2 unspecified atom stereocenters. The van der Waals surface area contributed by atoms with Crippen molar-refractivity contribution in [1.29, 1.82) is 0 Å². The molecule has 2 fully saturated rings. The van der Waals surface area contributed by atoms with Crippen molar-refractivity contribution in [2.45, 2.75) is 106 Å². The summed E-state index contributed by atoms with van der Waals surface area (Å²) in [5, 5.41) is 17.8. The van der Waals surface area contributed by atoms with Gasteiger partial charge in [0.2, 0.25) is 65.0 Å². The number of aromatic nitrogens is 1. The third-order valence-electron chi connectivity index (χ3n) is 11.4. The van der Waals surface area contributed by atoms with Crippen LogP contribution in [0.1, 0.15) is 56.1 Å². The van der Waals surface area contributed by atoms with Crippen LogP contribution in [-0.2, 0) is 65.6 Å². The molecule has 2 aromatic rings. The maximum atomic E-state index is 14.6. The molecular formula is C45H64N16O11S2. The Labute approximate surface area is 433 Å². The van der Waals surface area contributed by atoms with Crippen LogP contribution in [0.25, 0.3) is 0 Å². The zero-order chi connectivity index (χ0) is 54.3. The molecule has 4 rings (SSSR count). The van der Waals surface area contributed by atoms with Gasteiger partial charge in [0, 0.05) is 56.3 Å². The first-order valence-corrected chi connectivity index (χ1v) is 25.9.